The lowest BCUT2D eigenvalue weighted by Crippen LogP contribution is -2.01. The molecule has 2 aliphatic rings. The van der Waals surface area contributed by atoms with Gasteiger partial charge in [-0.1, -0.05) is 42.5 Å². The molecule has 1 N–H and O–H groups in total. The molecule has 5 nitrogen and oxygen atoms in total. The lowest BCUT2D eigenvalue weighted by molar-refractivity contribution is 0.634. The number of pyridine rings is 1. The summed E-state index contributed by atoms with van der Waals surface area (Å²) in [5.41, 5.74) is 9.06. The second-order valence-corrected chi connectivity index (χ2v) is 8.04. The van der Waals surface area contributed by atoms with Crippen LogP contribution in [0.15, 0.2) is 73.4 Å². The van der Waals surface area contributed by atoms with Crippen LogP contribution in [-0.4, -0.2) is 24.5 Å². The fourth-order valence-electron chi connectivity index (χ4n) is 3.82. The first-order valence-corrected chi connectivity index (χ1v) is 10.6. The smallest absolute Gasteiger partial charge is 0.160 e. The third-order valence-electron chi connectivity index (χ3n) is 5.81. The summed E-state index contributed by atoms with van der Waals surface area (Å²) in [6.07, 6.45) is 9.83. The minimum absolute atomic E-state index is 0.774. The highest BCUT2D eigenvalue weighted by Gasteiger charge is 2.13. The SMILES string of the molecule is Cc1ccc(-c2ccc(-c3nc4ccn(CCCc5c[nH]cn5)cc-4n3)cc2)cc1C. The Bertz CT molecular complexity index is 1270. The molecule has 0 spiro atoms. The largest absolute Gasteiger partial charge is 0.352 e. The van der Waals surface area contributed by atoms with Crippen molar-refractivity contribution >= 4 is 0 Å². The van der Waals surface area contributed by atoms with E-state index in [0.717, 1.165) is 47.9 Å². The minimum atomic E-state index is 0.774. The van der Waals surface area contributed by atoms with Gasteiger partial charge in [0.15, 0.2) is 5.82 Å². The average Bonchev–Trinajstić information content (AvgIpc) is 3.45. The van der Waals surface area contributed by atoms with E-state index >= 15 is 0 Å². The Morgan fingerprint density at radius 1 is 0.839 bits per heavy atom. The normalized spacial score (nSPS) is 11.3. The van der Waals surface area contributed by atoms with E-state index in [2.05, 4.69) is 83.2 Å². The molecular weight excluding hydrogens is 382 g/mol. The van der Waals surface area contributed by atoms with Crippen molar-refractivity contribution in [1.82, 2.24) is 24.5 Å². The molecule has 31 heavy (non-hydrogen) atoms. The average molecular weight is 408 g/mol. The molecule has 0 radical (unpaired) electrons. The van der Waals surface area contributed by atoms with Crippen LogP contribution in [0.5, 0.6) is 0 Å². The molecule has 3 aromatic rings. The number of H-pyrrole nitrogens is 1. The van der Waals surface area contributed by atoms with Crippen molar-refractivity contribution in [3.63, 3.8) is 0 Å². The molecule has 0 saturated heterocycles. The van der Waals surface area contributed by atoms with Gasteiger partial charge in [-0.2, -0.15) is 0 Å². The molecule has 2 aliphatic heterocycles. The summed E-state index contributed by atoms with van der Waals surface area (Å²) in [6, 6.07) is 17.1. The van der Waals surface area contributed by atoms with Crippen LogP contribution in [0.1, 0.15) is 23.2 Å². The van der Waals surface area contributed by atoms with Gasteiger partial charge in [0.25, 0.3) is 0 Å². The fraction of sp³-hybridized carbons (Fsp3) is 0.192. The molecule has 2 aromatic carbocycles. The Balaban J connectivity index is 1.33. The first-order chi connectivity index (χ1) is 15.2. The van der Waals surface area contributed by atoms with Gasteiger partial charge < -0.3 is 9.55 Å². The number of aromatic nitrogens is 5. The number of benzene rings is 2. The molecule has 0 unspecified atom stereocenters. The third kappa shape index (κ3) is 4.12. The number of nitrogens with one attached hydrogen (secondary N) is 1. The maximum absolute atomic E-state index is 4.78. The van der Waals surface area contributed by atoms with Gasteiger partial charge in [-0.3, -0.25) is 0 Å². The van der Waals surface area contributed by atoms with Crippen molar-refractivity contribution in [3.8, 4) is 33.9 Å². The van der Waals surface area contributed by atoms with Crippen molar-refractivity contribution < 1.29 is 0 Å². The number of fused-ring (bicyclic) bond motifs is 1. The van der Waals surface area contributed by atoms with Gasteiger partial charge in [0, 0.05) is 30.7 Å². The topological polar surface area (TPSA) is 59.4 Å². The highest BCUT2D eigenvalue weighted by atomic mass is 15.0. The van der Waals surface area contributed by atoms with E-state index in [1.54, 1.807) is 6.33 Å². The molecule has 154 valence electrons. The van der Waals surface area contributed by atoms with Crippen molar-refractivity contribution in [1.29, 1.82) is 0 Å². The molecule has 0 aliphatic carbocycles. The van der Waals surface area contributed by atoms with Gasteiger partial charge in [-0.15, -0.1) is 0 Å². The van der Waals surface area contributed by atoms with Crippen LogP contribution in [0.3, 0.4) is 0 Å². The van der Waals surface area contributed by atoms with Crippen molar-refractivity contribution in [3.05, 3.63) is 90.3 Å². The third-order valence-corrected chi connectivity index (χ3v) is 5.81. The van der Waals surface area contributed by atoms with Gasteiger partial charge in [-0.05, 0) is 55.0 Å². The predicted molar refractivity (Wildman–Crippen MR) is 124 cm³/mol. The number of aromatic amines is 1. The fourth-order valence-corrected chi connectivity index (χ4v) is 3.82. The van der Waals surface area contributed by atoms with Crippen molar-refractivity contribution in [2.75, 3.05) is 0 Å². The maximum Gasteiger partial charge on any atom is 0.160 e. The summed E-state index contributed by atoms with van der Waals surface area (Å²) in [5, 5.41) is 0. The highest BCUT2D eigenvalue weighted by molar-refractivity contribution is 5.71. The van der Waals surface area contributed by atoms with E-state index < -0.39 is 0 Å². The van der Waals surface area contributed by atoms with E-state index in [4.69, 9.17) is 9.97 Å². The molecule has 0 atom stereocenters. The Hall–Kier alpha value is -3.73. The van der Waals surface area contributed by atoms with Crippen LogP contribution in [0, 0.1) is 13.8 Å². The molecule has 5 rings (SSSR count). The zero-order valence-corrected chi connectivity index (χ0v) is 17.8. The predicted octanol–water partition coefficient (Wildman–Crippen LogP) is 5.69. The van der Waals surface area contributed by atoms with Crippen LogP contribution >= 0.6 is 0 Å². The number of aryl methyl sites for hydroxylation is 4. The zero-order chi connectivity index (χ0) is 21.2. The molecule has 0 fully saturated rings. The van der Waals surface area contributed by atoms with Gasteiger partial charge in [0.1, 0.15) is 5.69 Å². The van der Waals surface area contributed by atoms with Crippen LogP contribution in [0.25, 0.3) is 33.9 Å². The summed E-state index contributed by atoms with van der Waals surface area (Å²) < 4.78 is 2.18. The van der Waals surface area contributed by atoms with Gasteiger partial charge in [0.05, 0.1) is 17.7 Å². The summed E-state index contributed by atoms with van der Waals surface area (Å²) in [4.78, 5) is 16.8. The summed E-state index contributed by atoms with van der Waals surface area (Å²) >= 11 is 0. The van der Waals surface area contributed by atoms with Gasteiger partial charge in [-0.25, -0.2) is 15.0 Å². The van der Waals surface area contributed by atoms with Crippen LogP contribution < -0.4 is 0 Å². The molecule has 5 heteroatoms. The lowest BCUT2D eigenvalue weighted by atomic mass is 9.99. The van der Waals surface area contributed by atoms with E-state index in [1.807, 2.05) is 12.3 Å². The number of imidazole rings is 2. The van der Waals surface area contributed by atoms with Crippen molar-refractivity contribution in [2.24, 2.45) is 0 Å². The minimum Gasteiger partial charge on any atom is -0.352 e. The first-order valence-electron chi connectivity index (χ1n) is 10.6. The van der Waals surface area contributed by atoms with Crippen LogP contribution in [0.4, 0.5) is 0 Å². The van der Waals surface area contributed by atoms with Crippen LogP contribution in [-0.2, 0) is 13.0 Å². The van der Waals surface area contributed by atoms with E-state index in [-0.39, 0.29) is 0 Å². The number of rotatable bonds is 6. The lowest BCUT2D eigenvalue weighted by Gasteiger charge is -2.07. The van der Waals surface area contributed by atoms with E-state index in [0.29, 0.717) is 0 Å². The standard InChI is InChI=1S/C26H25N5/c1-18-5-6-22(14-19(18)2)20-7-9-21(10-8-20)26-29-24-11-13-31(16-25(24)30-26)12-3-4-23-15-27-17-28-23/h5-11,13-17H,3-4,12H2,1-2H3,(H,27,28). The Morgan fingerprint density at radius 2 is 1.61 bits per heavy atom. The molecule has 1 aromatic heterocycles. The van der Waals surface area contributed by atoms with Gasteiger partial charge >= 0.3 is 0 Å². The monoisotopic (exact) mass is 407 g/mol. The van der Waals surface area contributed by atoms with Crippen molar-refractivity contribution in [2.45, 2.75) is 33.2 Å². The molecule has 0 amide bonds. The Labute approximate surface area is 182 Å². The summed E-state index contributed by atoms with van der Waals surface area (Å²) in [5.74, 6) is 0.774. The van der Waals surface area contributed by atoms with E-state index in [1.165, 1.54) is 22.3 Å². The summed E-state index contributed by atoms with van der Waals surface area (Å²) in [6.45, 7) is 5.22. The maximum atomic E-state index is 4.78. The second kappa shape index (κ2) is 8.19. The Morgan fingerprint density at radius 3 is 2.39 bits per heavy atom. The Kier molecular flexibility index (Phi) is 5.08. The molecule has 3 heterocycles. The first kappa shape index (κ1) is 19.2. The second-order valence-electron chi connectivity index (χ2n) is 8.04. The van der Waals surface area contributed by atoms with E-state index in [9.17, 15) is 0 Å². The number of hydrogen-bond donors (Lipinski definition) is 1. The summed E-state index contributed by atoms with van der Waals surface area (Å²) in [7, 11) is 0. The number of hydrogen-bond acceptors (Lipinski definition) is 3. The number of nitrogens with zero attached hydrogens (tertiary/aromatic N) is 4. The van der Waals surface area contributed by atoms with Gasteiger partial charge in [0.2, 0.25) is 0 Å². The molecule has 0 bridgehead atoms. The zero-order valence-electron chi connectivity index (χ0n) is 17.8. The van der Waals surface area contributed by atoms with Crippen LogP contribution in [0.2, 0.25) is 0 Å². The highest BCUT2D eigenvalue weighted by Crippen LogP contribution is 2.28. The molecule has 0 saturated carbocycles. The quantitative estimate of drug-likeness (QED) is 0.393. The molecular formula is C26H25N5.